The van der Waals surface area contributed by atoms with Crippen LogP contribution in [0.2, 0.25) is 0 Å². The van der Waals surface area contributed by atoms with E-state index in [0.717, 1.165) is 24.3 Å². The first kappa shape index (κ1) is 11.4. The van der Waals surface area contributed by atoms with Gasteiger partial charge in [-0.2, -0.15) is 0 Å². The van der Waals surface area contributed by atoms with E-state index < -0.39 is 0 Å². The largest absolute Gasteiger partial charge is 0.383 e. The summed E-state index contributed by atoms with van der Waals surface area (Å²) in [4.78, 5) is 0. The van der Waals surface area contributed by atoms with Crippen LogP contribution in [0.5, 0.6) is 0 Å². The molecular weight excluding hydrogens is 203 g/mol. The van der Waals surface area contributed by atoms with Crippen molar-refractivity contribution in [3.05, 3.63) is 29.8 Å². The van der Waals surface area contributed by atoms with Crippen LogP contribution in [0, 0.1) is 0 Å². The molecular formula is C13H19FN2. The average molecular weight is 222 g/mol. The zero-order chi connectivity index (χ0) is 11.2. The average Bonchev–Trinajstić information content (AvgIpc) is 2.38. The van der Waals surface area contributed by atoms with Crippen molar-refractivity contribution in [3.8, 4) is 0 Å². The summed E-state index contributed by atoms with van der Waals surface area (Å²) in [5.41, 5.74) is 1.81. The van der Waals surface area contributed by atoms with Gasteiger partial charge in [0.25, 0.3) is 0 Å². The second-order valence-electron chi connectivity index (χ2n) is 4.36. The van der Waals surface area contributed by atoms with Crippen LogP contribution in [-0.2, 0) is 6.67 Å². The van der Waals surface area contributed by atoms with Gasteiger partial charge in [-0.1, -0.05) is 18.6 Å². The molecule has 0 saturated carbocycles. The van der Waals surface area contributed by atoms with E-state index in [1.807, 2.05) is 24.3 Å². The second kappa shape index (κ2) is 5.85. The summed E-state index contributed by atoms with van der Waals surface area (Å²) in [5, 5.41) is 6.87. The molecule has 1 unspecified atom stereocenters. The van der Waals surface area contributed by atoms with Gasteiger partial charge in [-0.3, -0.25) is 0 Å². The van der Waals surface area contributed by atoms with Crippen molar-refractivity contribution >= 4 is 5.69 Å². The van der Waals surface area contributed by atoms with E-state index in [4.69, 9.17) is 0 Å². The highest BCUT2D eigenvalue weighted by Gasteiger charge is 2.11. The minimum atomic E-state index is -0.384. The number of hydrogen-bond donors (Lipinski definition) is 2. The molecule has 1 atom stereocenters. The standard InChI is InChI=1S/C13H19FN2/c14-9-11-4-6-12(7-5-11)16-10-13-3-1-2-8-15-13/h4-7,13,15-16H,1-3,8-10H2. The molecule has 88 valence electrons. The molecule has 1 aromatic carbocycles. The predicted octanol–water partition coefficient (Wildman–Crippen LogP) is 2.71. The van der Waals surface area contributed by atoms with Crippen LogP contribution < -0.4 is 10.6 Å². The van der Waals surface area contributed by atoms with E-state index in [1.54, 1.807) is 0 Å². The molecule has 1 saturated heterocycles. The number of piperidine rings is 1. The Morgan fingerprint density at radius 1 is 1.25 bits per heavy atom. The molecule has 0 amide bonds. The van der Waals surface area contributed by atoms with Crippen molar-refractivity contribution in [3.63, 3.8) is 0 Å². The molecule has 2 nitrogen and oxygen atoms in total. The molecule has 1 aliphatic heterocycles. The van der Waals surface area contributed by atoms with E-state index in [1.165, 1.54) is 19.3 Å². The lowest BCUT2D eigenvalue weighted by molar-refractivity contribution is 0.414. The molecule has 1 fully saturated rings. The first-order chi connectivity index (χ1) is 7.88. The van der Waals surface area contributed by atoms with E-state index in [-0.39, 0.29) is 6.67 Å². The molecule has 1 aliphatic rings. The molecule has 3 heteroatoms. The molecule has 1 aromatic rings. The van der Waals surface area contributed by atoms with Crippen molar-refractivity contribution in [2.45, 2.75) is 32.0 Å². The van der Waals surface area contributed by atoms with Crippen molar-refractivity contribution in [2.24, 2.45) is 0 Å². The fourth-order valence-corrected chi connectivity index (χ4v) is 2.05. The third-order valence-corrected chi connectivity index (χ3v) is 3.07. The quantitative estimate of drug-likeness (QED) is 0.818. The van der Waals surface area contributed by atoms with Crippen LogP contribution in [0.1, 0.15) is 24.8 Å². The number of anilines is 1. The summed E-state index contributed by atoms with van der Waals surface area (Å²) >= 11 is 0. The lowest BCUT2D eigenvalue weighted by Gasteiger charge is -2.24. The van der Waals surface area contributed by atoms with Crippen molar-refractivity contribution in [1.29, 1.82) is 0 Å². The van der Waals surface area contributed by atoms with Crippen molar-refractivity contribution in [2.75, 3.05) is 18.4 Å². The molecule has 2 rings (SSSR count). The Hall–Kier alpha value is -1.09. The lowest BCUT2D eigenvalue weighted by Crippen LogP contribution is -2.39. The Morgan fingerprint density at radius 2 is 2.06 bits per heavy atom. The molecule has 2 N–H and O–H groups in total. The summed E-state index contributed by atoms with van der Waals surface area (Å²) in [7, 11) is 0. The van der Waals surface area contributed by atoms with Gasteiger partial charge in [0.2, 0.25) is 0 Å². The van der Waals surface area contributed by atoms with Crippen molar-refractivity contribution in [1.82, 2.24) is 5.32 Å². The van der Waals surface area contributed by atoms with Gasteiger partial charge in [0.05, 0.1) is 0 Å². The summed E-state index contributed by atoms with van der Waals surface area (Å²) in [6.45, 7) is 1.70. The molecule has 0 aromatic heterocycles. The third-order valence-electron chi connectivity index (χ3n) is 3.07. The van der Waals surface area contributed by atoms with Gasteiger partial charge in [0.1, 0.15) is 6.67 Å². The van der Waals surface area contributed by atoms with Gasteiger partial charge in [-0.25, -0.2) is 4.39 Å². The highest BCUT2D eigenvalue weighted by atomic mass is 19.1. The monoisotopic (exact) mass is 222 g/mol. The summed E-state index contributed by atoms with van der Waals surface area (Å²) < 4.78 is 12.3. The highest BCUT2D eigenvalue weighted by Crippen LogP contribution is 2.12. The minimum Gasteiger partial charge on any atom is -0.383 e. The summed E-state index contributed by atoms with van der Waals surface area (Å²) in [5.74, 6) is 0. The maximum absolute atomic E-state index is 12.3. The third kappa shape index (κ3) is 3.20. The van der Waals surface area contributed by atoms with Gasteiger partial charge in [0.15, 0.2) is 0 Å². The molecule has 0 radical (unpaired) electrons. The zero-order valence-corrected chi connectivity index (χ0v) is 9.51. The van der Waals surface area contributed by atoms with E-state index in [0.29, 0.717) is 6.04 Å². The van der Waals surface area contributed by atoms with Crippen LogP contribution in [0.3, 0.4) is 0 Å². The number of rotatable bonds is 4. The normalized spacial score (nSPS) is 20.7. The van der Waals surface area contributed by atoms with Gasteiger partial charge < -0.3 is 10.6 Å². The predicted molar refractivity (Wildman–Crippen MR) is 65.4 cm³/mol. The zero-order valence-electron chi connectivity index (χ0n) is 9.51. The highest BCUT2D eigenvalue weighted by molar-refractivity contribution is 5.44. The molecule has 1 heterocycles. The Balaban J connectivity index is 1.79. The number of alkyl halides is 1. The van der Waals surface area contributed by atoms with Crippen LogP contribution in [0.4, 0.5) is 10.1 Å². The number of nitrogens with one attached hydrogen (secondary N) is 2. The van der Waals surface area contributed by atoms with Crippen molar-refractivity contribution < 1.29 is 4.39 Å². The molecule has 0 aliphatic carbocycles. The molecule has 0 spiro atoms. The number of hydrogen-bond acceptors (Lipinski definition) is 2. The van der Waals surface area contributed by atoms with E-state index >= 15 is 0 Å². The minimum absolute atomic E-state index is 0.384. The van der Waals surface area contributed by atoms with Crippen LogP contribution in [0.15, 0.2) is 24.3 Å². The number of benzene rings is 1. The van der Waals surface area contributed by atoms with Crippen LogP contribution in [-0.4, -0.2) is 19.1 Å². The number of halogens is 1. The van der Waals surface area contributed by atoms with E-state index in [2.05, 4.69) is 10.6 Å². The second-order valence-corrected chi connectivity index (χ2v) is 4.36. The Morgan fingerprint density at radius 3 is 2.69 bits per heavy atom. The van der Waals surface area contributed by atoms with Gasteiger partial charge in [0, 0.05) is 18.3 Å². The summed E-state index contributed by atoms with van der Waals surface area (Å²) in [6.07, 6.45) is 3.86. The maximum atomic E-state index is 12.3. The Bertz CT molecular complexity index is 304. The maximum Gasteiger partial charge on any atom is 0.115 e. The van der Waals surface area contributed by atoms with Gasteiger partial charge >= 0.3 is 0 Å². The molecule has 16 heavy (non-hydrogen) atoms. The Kier molecular flexibility index (Phi) is 4.17. The topological polar surface area (TPSA) is 24.1 Å². The first-order valence-corrected chi connectivity index (χ1v) is 6.00. The molecule has 0 bridgehead atoms. The van der Waals surface area contributed by atoms with Gasteiger partial charge in [-0.05, 0) is 37.1 Å². The summed E-state index contributed by atoms with van der Waals surface area (Å²) in [6, 6.07) is 8.12. The fourth-order valence-electron chi connectivity index (χ4n) is 2.05. The Labute approximate surface area is 96.2 Å². The smallest absolute Gasteiger partial charge is 0.115 e. The van der Waals surface area contributed by atoms with E-state index in [9.17, 15) is 4.39 Å². The lowest BCUT2D eigenvalue weighted by atomic mass is 10.1. The van der Waals surface area contributed by atoms with Gasteiger partial charge in [-0.15, -0.1) is 0 Å². The first-order valence-electron chi connectivity index (χ1n) is 6.00. The SMILES string of the molecule is FCc1ccc(NCC2CCCCN2)cc1. The van der Waals surface area contributed by atoms with Crippen LogP contribution in [0.25, 0.3) is 0 Å². The van der Waals surface area contributed by atoms with Crippen LogP contribution >= 0.6 is 0 Å². The fraction of sp³-hybridized carbons (Fsp3) is 0.538.